The van der Waals surface area contributed by atoms with E-state index in [2.05, 4.69) is 15.8 Å². The van der Waals surface area contributed by atoms with Gasteiger partial charge in [-0.2, -0.15) is 0 Å². The fourth-order valence-electron chi connectivity index (χ4n) is 3.29. The van der Waals surface area contributed by atoms with Crippen molar-refractivity contribution in [2.45, 2.75) is 31.2 Å². The summed E-state index contributed by atoms with van der Waals surface area (Å²) in [5.41, 5.74) is 4.27. The number of rotatable bonds is 6. The van der Waals surface area contributed by atoms with Crippen molar-refractivity contribution in [1.29, 1.82) is 0 Å². The Balaban J connectivity index is 1.79. The molecule has 1 atom stereocenters. The smallest absolute Gasteiger partial charge is 0.211 e. The Labute approximate surface area is 139 Å². The number of fused-ring (bicyclic) bond motifs is 1. The normalized spacial score (nSPS) is 21.9. The molecule has 1 fully saturated rings. The third-order valence-electron chi connectivity index (χ3n) is 4.81. The van der Waals surface area contributed by atoms with E-state index in [4.69, 9.17) is 4.84 Å². The maximum atomic E-state index is 13.9. The van der Waals surface area contributed by atoms with E-state index in [0.29, 0.717) is 12.2 Å². The first-order chi connectivity index (χ1) is 11.7. The number of nitrogens with zero attached hydrogens (tertiary/aromatic N) is 1. The van der Waals surface area contributed by atoms with Crippen LogP contribution in [0.5, 0.6) is 5.75 Å². The van der Waals surface area contributed by atoms with Gasteiger partial charge in [-0.15, -0.1) is 5.48 Å². The highest BCUT2D eigenvalue weighted by molar-refractivity contribution is 5.72. The summed E-state index contributed by atoms with van der Waals surface area (Å²) in [4.78, 5) is 20.9. The number of hydroxylamine groups is 1. The summed E-state index contributed by atoms with van der Waals surface area (Å²) < 4.78 is 13.9. The molecule has 0 spiro atoms. The maximum Gasteiger partial charge on any atom is 0.211 e. The van der Waals surface area contributed by atoms with Crippen molar-refractivity contribution in [1.82, 2.24) is 10.5 Å². The highest BCUT2D eigenvalue weighted by Gasteiger charge is 2.45. The summed E-state index contributed by atoms with van der Waals surface area (Å²) in [6.07, 6.45) is 6.56. The fraction of sp³-hybridized carbons (Fsp3) is 0.333. The van der Waals surface area contributed by atoms with Crippen LogP contribution in [0, 0.1) is 11.7 Å². The summed E-state index contributed by atoms with van der Waals surface area (Å²) in [6.45, 7) is 0. The Kier molecular flexibility index (Phi) is 3.69. The van der Waals surface area contributed by atoms with Gasteiger partial charge in [-0.05, 0) is 48.6 Å². The third kappa shape index (κ3) is 2.53. The molecular formula is C18H18FN3O2. The van der Waals surface area contributed by atoms with Gasteiger partial charge in [0.1, 0.15) is 17.1 Å². The summed E-state index contributed by atoms with van der Waals surface area (Å²) in [5, 5.41) is 2.41. The number of carbonyl (C=O) groups excluding carboxylic acids is 1. The zero-order valence-electron chi connectivity index (χ0n) is 13.1. The van der Waals surface area contributed by atoms with E-state index < -0.39 is 11.4 Å². The van der Waals surface area contributed by atoms with Gasteiger partial charge in [-0.3, -0.25) is 9.78 Å². The first-order valence-electron chi connectivity index (χ1n) is 8.13. The van der Waals surface area contributed by atoms with Crippen LogP contribution >= 0.6 is 0 Å². The van der Waals surface area contributed by atoms with Gasteiger partial charge < -0.3 is 10.2 Å². The summed E-state index contributed by atoms with van der Waals surface area (Å²) in [7, 11) is 0. The molecule has 0 radical (unpaired) electrons. The van der Waals surface area contributed by atoms with Crippen LogP contribution in [0.1, 0.15) is 36.9 Å². The van der Waals surface area contributed by atoms with Gasteiger partial charge in [0.25, 0.3) is 0 Å². The average molecular weight is 327 g/mol. The largest absolute Gasteiger partial charge is 0.405 e. The molecule has 124 valence electrons. The molecule has 1 amide bonds. The quantitative estimate of drug-likeness (QED) is 0.800. The van der Waals surface area contributed by atoms with E-state index >= 15 is 0 Å². The number of halogens is 1. The summed E-state index contributed by atoms with van der Waals surface area (Å²) in [5.74, 6) is 0.954. The first kappa shape index (κ1) is 15.1. The van der Waals surface area contributed by atoms with E-state index in [1.54, 1.807) is 18.3 Å². The van der Waals surface area contributed by atoms with Crippen molar-refractivity contribution < 1.29 is 14.0 Å². The Morgan fingerprint density at radius 1 is 1.42 bits per heavy atom. The second kappa shape index (κ2) is 5.87. The van der Waals surface area contributed by atoms with E-state index in [0.717, 1.165) is 30.0 Å². The predicted molar refractivity (Wildman–Crippen MR) is 86.8 cm³/mol. The molecular weight excluding hydrogens is 309 g/mol. The number of aromatic nitrogens is 1. The third-order valence-corrected chi connectivity index (χ3v) is 4.81. The number of benzene rings is 1. The molecule has 6 heteroatoms. The minimum Gasteiger partial charge on any atom is -0.405 e. The van der Waals surface area contributed by atoms with Crippen LogP contribution in [0.4, 0.5) is 10.1 Å². The Morgan fingerprint density at radius 2 is 2.29 bits per heavy atom. The Hall–Kier alpha value is -2.47. The lowest BCUT2D eigenvalue weighted by Gasteiger charge is -2.28. The lowest BCUT2D eigenvalue weighted by Crippen LogP contribution is -2.40. The Morgan fingerprint density at radius 3 is 3.08 bits per heavy atom. The molecule has 1 aliphatic carbocycles. The molecule has 24 heavy (non-hydrogen) atoms. The molecule has 0 bridgehead atoms. The van der Waals surface area contributed by atoms with Crippen molar-refractivity contribution in [2.75, 3.05) is 5.32 Å². The van der Waals surface area contributed by atoms with Gasteiger partial charge in [0.05, 0.1) is 5.69 Å². The first-order valence-corrected chi connectivity index (χ1v) is 8.13. The molecule has 2 aliphatic rings. The molecule has 0 saturated heterocycles. The van der Waals surface area contributed by atoms with Crippen molar-refractivity contribution in [3.63, 3.8) is 0 Å². The molecule has 1 aromatic carbocycles. The average Bonchev–Trinajstić information content (AvgIpc) is 3.36. The molecule has 1 aromatic heterocycles. The number of hydrogen-bond donors (Lipinski definition) is 2. The zero-order chi connectivity index (χ0) is 16.6. The monoisotopic (exact) mass is 327 g/mol. The minimum absolute atomic E-state index is 0.152. The maximum absolute atomic E-state index is 13.9. The van der Waals surface area contributed by atoms with Gasteiger partial charge in [0, 0.05) is 6.20 Å². The van der Waals surface area contributed by atoms with Crippen LogP contribution in [0.3, 0.4) is 0 Å². The second-order valence-electron chi connectivity index (χ2n) is 6.40. The molecule has 1 saturated carbocycles. The highest BCUT2D eigenvalue weighted by atomic mass is 19.1. The number of amides is 1. The van der Waals surface area contributed by atoms with Crippen LogP contribution in [0.25, 0.3) is 0 Å². The van der Waals surface area contributed by atoms with Crippen LogP contribution in [-0.4, -0.2) is 11.4 Å². The molecule has 2 aromatic rings. The number of carbonyl (C=O) groups is 1. The predicted octanol–water partition coefficient (Wildman–Crippen LogP) is 3.12. The van der Waals surface area contributed by atoms with Gasteiger partial charge in [0.2, 0.25) is 6.41 Å². The number of hydrogen-bond acceptors (Lipinski definition) is 4. The zero-order valence-corrected chi connectivity index (χ0v) is 13.1. The van der Waals surface area contributed by atoms with Gasteiger partial charge in [0.15, 0.2) is 5.75 Å². The molecule has 5 nitrogen and oxygen atoms in total. The number of nitrogens with one attached hydrogen (secondary N) is 2. The molecule has 2 heterocycles. The SMILES string of the molecule is O=CNc1cc(C2(CCC3CC3)NOc3cccnc32)ccc1F. The molecule has 1 unspecified atom stereocenters. The lowest BCUT2D eigenvalue weighted by atomic mass is 9.82. The van der Waals surface area contributed by atoms with Crippen LogP contribution < -0.4 is 15.6 Å². The van der Waals surface area contributed by atoms with Crippen LogP contribution in [0.15, 0.2) is 36.5 Å². The van der Waals surface area contributed by atoms with Gasteiger partial charge >= 0.3 is 0 Å². The van der Waals surface area contributed by atoms with Crippen molar-refractivity contribution >= 4 is 12.1 Å². The number of anilines is 1. The standard InChI is InChI=1S/C18H18FN3O2/c19-14-6-5-13(10-15(14)21-11-23)18(8-7-12-3-4-12)17-16(24-22-18)2-1-9-20-17/h1-2,5-6,9-12,22H,3-4,7-8H2,(H,21,23). The van der Waals surface area contributed by atoms with Gasteiger partial charge in [-0.25, -0.2) is 4.39 Å². The van der Waals surface area contributed by atoms with Crippen molar-refractivity contribution in [2.24, 2.45) is 5.92 Å². The number of pyridine rings is 1. The molecule has 4 rings (SSSR count). The van der Waals surface area contributed by atoms with E-state index in [-0.39, 0.29) is 5.69 Å². The second-order valence-corrected chi connectivity index (χ2v) is 6.40. The Bertz CT molecular complexity index is 779. The molecule has 2 N–H and O–H groups in total. The van der Waals surface area contributed by atoms with Crippen molar-refractivity contribution in [3.8, 4) is 5.75 Å². The minimum atomic E-state index is -0.633. The fourth-order valence-corrected chi connectivity index (χ4v) is 3.29. The van der Waals surface area contributed by atoms with Crippen LogP contribution in [0.2, 0.25) is 0 Å². The van der Waals surface area contributed by atoms with E-state index in [9.17, 15) is 9.18 Å². The van der Waals surface area contributed by atoms with E-state index in [1.807, 2.05) is 12.1 Å². The van der Waals surface area contributed by atoms with E-state index in [1.165, 1.54) is 18.9 Å². The summed E-state index contributed by atoms with van der Waals surface area (Å²) in [6, 6.07) is 8.42. The van der Waals surface area contributed by atoms with Crippen LogP contribution in [-0.2, 0) is 10.3 Å². The van der Waals surface area contributed by atoms with Gasteiger partial charge in [-0.1, -0.05) is 18.9 Å². The topological polar surface area (TPSA) is 63.2 Å². The highest BCUT2D eigenvalue weighted by Crippen LogP contribution is 2.46. The molecule has 1 aliphatic heterocycles. The lowest BCUT2D eigenvalue weighted by molar-refractivity contribution is -0.105. The summed E-state index contributed by atoms with van der Waals surface area (Å²) >= 11 is 0. The van der Waals surface area contributed by atoms with Crippen molar-refractivity contribution in [3.05, 3.63) is 53.6 Å².